The van der Waals surface area contributed by atoms with Gasteiger partial charge in [0.1, 0.15) is 17.7 Å². The molecule has 1 unspecified atom stereocenters. The lowest BCUT2D eigenvalue weighted by molar-refractivity contribution is -0.198. The number of carbonyl (C=O) groups is 1. The van der Waals surface area contributed by atoms with Crippen molar-refractivity contribution >= 4 is 29.3 Å². The predicted octanol–water partition coefficient (Wildman–Crippen LogP) is 5.23. The summed E-state index contributed by atoms with van der Waals surface area (Å²) in [7, 11) is 0. The van der Waals surface area contributed by atoms with E-state index in [2.05, 4.69) is 15.3 Å². The highest BCUT2D eigenvalue weighted by Gasteiger charge is 2.46. The molecule has 2 aliphatic rings. The van der Waals surface area contributed by atoms with Crippen LogP contribution in [0.4, 0.5) is 29.3 Å². The molecule has 3 aromatic rings. The molecular weight excluding hydrogens is 554 g/mol. The summed E-state index contributed by atoms with van der Waals surface area (Å²) in [5.74, 6) is -1.72. The third-order valence-electron chi connectivity index (χ3n) is 7.50. The van der Waals surface area contributed by atoms with Crippen molar-refractivity contribution in [3.8, 4) is 17.0 Å². The zero-order chi connectivity index (χ0) is 28.7. The smallest absolute Gasteiger partial charge is 0.429 e. The van der Waals surface area contributed by atoms with Gasteiger partial charge >= 0.3 is 12.1 Å². The maximum absolute atomic E-state index is 14.4. The van der Waals surface area contributed by atoms with Gasteiger partial charge in [-0.2, -0.15) is 23.1 Å². The van der Waals surface area contributed by atoms with E-state index in [9.17, 15) is 27.5 Å². The number of nitrogens with two attached hydrogens (primary N) is 1. The Morgan fingerprint density at radius 3 is 2.48 bits per heavy atom. The van der Waals surface area contributed by atoms with Crippen molar-refractivity contribution < 1.29 is 32.2 Å². The molecule has 8 nitrogen and oxygen atoms in total. The summed E-state index contributed by atoms with van der Waals surface area (Å²) >= 11 is 6.10. The maximum Gasteiger partial charge on any atom is 0.429 e. The molecule has 2 aromatic carbocycles. The van der Waals surface area contributed by atoms with Crippen LogP contribution in [0.5, 0.6) is 5.88 Å². The van der Waals surface area contributed by atoms with Crippen molar-refractivity contribution in [2.45, 2.75) is 37.6 Å². The Kier molecular flexibility index (Phi) is 7.49. The van der Waals surface area contributed by atoms with Crippen LogP contribution >= 0.6 is 11.6 Å². The van der Waals surface area contributed by atoms with Crippen molar-refractivity contribution in [3.05, 3.63) is 64.9 Å². The van der Waals surface area contributed by atoms with E-state index in [4.69, 9.17) is 22.1 Å². The Morgan fingerprint density at radius 1 is 1.15 bits per heavy atom. The lowest BCUT2D eigenvalue weighted by Gasteiger charge is -2.39. The lowest BCUT2D eigenvalue weighted by atomic mass is 9.76. The Hall–Kier alpha value is -3.64. The number of benzene rings is 2. The molecule has 1 aromatic heterocycles. The number of carboxylic acid groups (broad SMARTS) is 1. The van der Waals surface area contributed by atoms with Gasteiger partial charge in [0.25, 0.3) is 0 Å². The first-order valence-corrected chi connectivity index (χ1v) is 12.9. The number of halogens is 5. The van der Waals surface area contributed by atoms with Gasteiger partial charge in [-0.1, -0.05) is 29.8 Å². The monoisotopic (exact) mass is 579 g/mol. The summed E-state index contributed by atoms with van der Waals surface area (Å²) < 4.78 is 62.2. The molecule has 2 saturated heterocycles. The highest BCUT2D eigenvalue weighted by atomic mass is 35.5. The van der Waals surface area contributed by atoms with Crippen molar-refractivity contribution in [2.75, 3.05) is 30.3 Å². The van der Waals surface area contributed by atoms with Crippen LogP contribution in [0.3, 0.4) is 0 Å². The van der Waals surface area contributed by atoms with Gasteiger partial charge < -0.3 is 25.8 Å². The molecule has 2 atom stereocenters. The molecular formula is C27H26ClF4N5O3. The third-order valence-corrected chi connectivity index (χ3v) is 7.74. The SMILES string of the molecule is Nc1nc(O[C@H](c2ccc(Cl)cc2-c2ccc(F)cc2)C(F)(F)F)cc(N2CCC3(CC2)CNC(C(=O)O)C3)n1. The third kappa shape index (κ3) is 5.92. The number of nitrogen functional groups attached to an aromatic ring is 1. The van der Waals surface area contributed by atoms with Crippen LogP contribution in [-0.2, 0) is 4.79 Å². The highest BCUT2D eigenvalue weighted by molar-refractivity contribution is 6.30. The van der Waals surface area contributed by atoms with Gasteiger partial charge in [0, 0.05) is 36.3 Å². The molecule has 0 saturated carbocycles. The van der Waals surface area contributed by atoms with Crippen molar-refractivity contribution in [1.82, 2.24) is 15.3 Å². The average molecular weight is 580 g/mol. The summed E-state index contributed by atoms with van der Waals surface area (Å²) in [5.41, 5.74) is 5.93. The summed E-state index contributed by atoms with van der Waals surface area (Å²) in [5, 5.41) is 12.6. The molecule has 2 aliphatic heterocycles. The number of carboxylic acids is 1. The minimum Gasteiger partial charge on any atom is -0.480 e. The second-order valence-corrected chi connectivity index (χ2v) is 10.6. The van der Waals surface area contributed by atoms with Gasteiger partial charge in [0.2, 0.25) is 17.9 Å². The first-order valence-electron chi connectivity index (χ1n) is 12.6. The van der Waals surface area contributed by atoms with Crippen molar-refractivity contribution in [1.29, 1.82) is 0 Å². The molecule has 1 spiro atoms. The maximum atomic E-state index is 14.4. The Balaban J connectivity index is 1.41. The van der Waals surface area contributed by atoms with Gasteiger partial charge in [0.05, 0.1) is 0 Å². The number of aliphatic carboxylic acids is 1. The number of nitrogens with zero attached hydrogens (tertiary/aromatic N) is 3. The van der Waals surface area contributed by atoms with Gasteiger partial charge in [-0.05, 0) is 60.1 Å². The molecule has 40 heavy (non-hydrogen) atoms. The first-order chi connectivity index (χ1) is 18.9. The number of ether oxygens (including phenoxy) is 1. The molecule has 5 rings (SSSR count). The summed E-state index contributed by atoms with van der Waals surface area (Å²) in [6.07, 6.45) is -5.41. The molecule has 3 heterocycles. The van der Waals surface area contributed by atoms with Crippen LogP contribution in [-0.4, -0.2) is 52.9 Å². The molecule has 0 bridgehead atoms. The van der Waals surface area contributed by atoms with E-state index < -0.39 is 30.1 Å². The molecule has 212 valence electrons. The molecule has 0 amide bonds. The quantitative estimate of drug-likeness (QED) is 0.340. The highest BCUT2D eigenvalue weighted by Crippen LogP contribution is 2.43. The normalized spacial score (nSPS) is 19.5. The van der Waals surface area contributed by atoms with Crippen LogP contribution in [0.2, 0.25) is 5.02 Å². The number of anilines is 2. The van der Waals surface area contributed by atoms with E-state index in [1.54, 1.807) is 0 Å². The van der Waals surface area contributed by atoms with Crippen molar-refractivity contribution in [2.24, 2.45) is 5.41 Å². The fourth-order valence-electron chi connectivity index (χ4n) is 5.40. The van der Waals surface area contributed by atoms with Crippen LogP contribution in [0, 0.1) is 11.2 Å². The molecule has 0 aliphatic carbocycles. The van der Waals surface area contributed by atoms with Gasteiger partial charge in [-0.25, -0.2) is 4.39 Å². The number of hydrogen-bond acceptors (Lipinski definition) is 7. The minimum atomic E-state index is -4.85. The predicted molar refractivity (Wildman–Crippen MR) is 141 cm³/mol. The van der Waals surface area contributed by atoms with Crippen LogP contribution in [0.25, 0.3) is 11.1 Å². The Morgan fingerprint density at radius 2 is 1.85 bits per heavy atom. The molecule has 0 radical (unpaired) electrons. The second-order valence-electron chi connectivity index (χ2n) is 10.2. The standard InChI is InChI=1S/C27H26ClF4N5O3/c28-16-3-6-18(19(11-16)15-1-4-17(29)5-2-15)23(27(30,31)32)40-22-12-21(35-25(33)36-22)37-9-7-26(8-10-37)13-20(24(38)39)34-14-26/h1-6,11-12,20,23,34H,7-10,13-14H2,(H,38,39)(H2,33,35,36)/t20?,23-/m1/s1. The number of nitrogens with one attached hydrogen (secondary N) is 1. The van der Waals surface area contributed by atoms with E-state index in [-0.39, 0.29) is 33.4 Å². The topological polar surface area (TPSA) is 114 Å². The zero-order valence-corrected chi connectivity index (χ0v) is 21.8. The Labute approximate surface area is 232 Å². The van der Waals surface area contributed by atoms with E-state index in [1.807, 2.05) is 4.90 Å². The van der Waals surface area contributed by atoms with Crippen LogP contribution in [0.15, 0.2) is 48.5 Å². The minimum absolute atomic E-state index is 0.128. The van der Waals surface area contributed by atoms with Crippen molar-refractivity contribution in [3.63, 3.8) is 0 Å². The fourth-order valence-corrected chi connectivity index (χ4v) is 5.57. The second kappa shape index (κ2) is 10.7. The van der Waals surface area contributed by atoms with Crippen LogP contribution in [0.1, 0.15) is 30.9 Å². The molecule has 2 fully saturated rings. The number of hydrogen-bond donors (Lipinski definition) is 3. The molecule has 13 heteroatoms. The van der Waals surface area contributed by atoms with Gasteiger partial charge in [0.15, 0.2) is 0 Å². The fraction of sp³-hybridized carbons (Fsp3) is 0.370. The van der Waals surface area contributed by atoms with E-state index >= 15 is 0 Å². The molecule has 4 N–H and O–H groups in total. The lowest BCUT2D eigenvalue weighted by Crippen LogP contribution is -2.41. The largest absolute Gasteiger partial charge is 0.480 e. The van der Waals surface area contributed by atoms with Gasteiger partial charge in [-0.15, -0.1) is 0 Å². The van der Waals surface area contributed by atoms with Gasteiger partial charge in [-0.3, -0.25) is 4.79 Å². The van der Waals surface area contributed by atoms with Crippen LogP contribution < -0.4 is 20.7 Å². The number of alkyl halides is 3. The number of piperidine rings is 1. The first kappa shape index (κ1) is 27.9. The number of aromatic nitrogens is 2. The summed E-state index contributed by atoms with van der Waals surface area (Å²) in [6, 6.07) is 9.64. The Bertz CT molecular complexity index is 1400. The number of rotatable bonds is 6. The summed E-state index contributed by atoms with van der Waals surface area (Å²) in [6.45, 7) is 1.61. The van der Waals surface area contributed by atoms with E-state index in [0.717, 1.165) is 12.1 Å². The van der Waals surface area contributed by atoms with E-state index in [1.165, 1.54) is 36.4 Å². The zero-order valence-electron chi connectivity index (χ0n) is 21.1. The van der Waals surface area contributed by atoms with E-state index in [0.29, 0.717) is 50.3 Å². The average Bonchev–Trinajstić information content (AvgIpc) is 3.31. The summed E-state index contributed by atoms with van der Waals surface area (Å²) in [4.78, 5) is 21.4.